The minimum Gasteiger partial charge on any atom is -0.272 e. The molecular formula is C15H12ClN3. The molecule has 0 fully saturated rings. The molecule has 2 aromatic rings. The third kappa shape index (κ3) is 4.16. The number of nitrogens with one attached hydrogen (secondary N) is 1. The van der Waals surface area contributed by atoms with Crippen molar-refractivity contribution in [1.82, 2.24) is 0 Å². The highest BCUT2D eigenvalue weighted by atomic mass is 35.5. The summed E-state index contributed by atoms with van der Waals surface area (Å²) in [4.78, 5) is 8.23. The van der Waals surface area contributed by atoms with Gasteiger partial charge >= 0.3 is 0 Å². The largest absolute Gasteiger partial charge is 0.272 e. The standard InChI is InChI=1S/C15H12ClN3/c16-15(17)19-14(13-9-5-2-6-10-13)18-11-12-7-3-1-4-8-12/h1-11,17H/b17-15?,18-11+,19-14-. The maximum absolute atomic E-state index is 7.26. The van der Waals surface area contributed by atoms with Gasteiger partial charge in [-0.3, -0.25) is 5.41 Å². The average Bonchev–Trinajstić information content (AvgIpc) is 2.45. The smallest absolute Gasteiger partial charge is 0.216 e. The SMILES string of the molecule is N=C(Cl)/N=C(\N=C\c1ccccc1)c1ccccc1. The monoisotopic (exact) mass is 269 g/mol. The van der Waals surface area contributed by atoms with Crippen molar-refractivity contribution in [3.8, 4) is 0 Å². The quantitative estimate of drug-likeness (QED) is 0.491. The summed E-state index contributed by atoms with van der Waals surface area (Å²) in [7, 11) is 0. The Morgan fingerprint density at radius 2 is 1.53 bits per heavy atom. The Hall–Kier alpha value is -2.26. The van der Waals surface area contributed by atoms with E-state index in [9.17, 15) is 0 Å². The molecule has 94 valence electrons. The topological polar surface area (TPSA) is 48.6 Å². The van der Waals surface area contributed by atoms with Crippen LogP contribution in [0.2, 0.25) is 0 Å². The van der Waals surface area contributed by atoms with Crippen LogP contribution in [-0.4, -0.2) is 17.3 Å². The van der Waals surface area contributed by atoms with Crippen molar-refractivity contribution in [2.24, 2.45) is 9.98 Å². The molecular weight excluding hydrogens is 258 g/mol. The van der Waals surface area contributed by atoms with Gasteiger partial charge in [-0.1, -0.05) is 60.7 Å². The minimum atomic E-state index is -0.288. The predicted molar refractivity (Wildman–Crippen MR) is 80.6 cm³/mol. The number of nitrogens with zero attached hydrogens (tertiary/aromatic N) is 2. The number of benzene rings is 2. The minimum absolute atomic E-state index is 0.288. The molecule has 0 aliphatic carbocycles. The van der Waals surface area contributed by atoms with Crippen LogP contribution in [-0.2, 0) is 0 Å². The first-order valence-electron chi connectivity index (χ1n) is 5.73. The van der Waals surface area contributed by atoms with Crippen LogP contribution in [0.15, 0.2) is 70.6 Å². The Balaban J connectivity index is 2.31. The Morgan fingerprint density at radius 1 is 0.947 bits per heavy atom. The number of halogens is 1. The summed E-state index contributed by atoms with van der Waals surface area (Å²) in [5, 5.41) is 6.97. The van der Waals surface area contributed by atoms with Gasteiger partial charge in [0.1, 0.15) is 0 Å². The van der Waals surface area contributed by atoms with Crippen LogP contribution in [0, 0.1) is 5.41 Å². The number of aliphatic imine (C=N–C) groups is 2. The highest BCUT2D eigenvalue weighted by Crippen LogP contribution is 2.04. The van der Waals surface area contributed by atoms with Crippen molar-refractivity contribution in [3.05, 3.63) is 71.8 Å². The molecule has 2 aromatic carbocycles. The number of hydrogen-bond acceptors (Lipinski definition) is 1. The predicted octanol–water partition coefficient (Wildman–Crippen LogP) is 3.73. The third-order valence-electron chi connectivity index (χ3n) is 2.37. The van der Waals surface area contributed by atoms with Crippen LogP contribution >= 0.6 is 11.6 Å². The van der Waals surface area contributed by atoms with Gasteiger partial charge in [-0.15, -0.1) is 0 Å². The van der Waals surface area contributed by atoms with E-state index in [0.717, 1.165) is 11.1 Å². The van der Waals surface area contributed by atoms with E-state index >= 15 is 0 Å². The molecule has 4 heteroatoms. The van der Waals surface area contributed by atoms with E-state index in [-0.39, 0.29) is 5.29 Å². The zero-order chi connectivity index (χ0) is 13.5. The molecule has 0 heterocycles. The van der Waals surface area contributed by atoms with Gasteiger partial charge in [0.2, 0.25) is 5.29 Å². The molecule has 0 bridgehead atoms. The fraction of sp³-hybridized carbons (Fsp3) is 0. The van der Waals surface area contributed by atoms with Gasteiger partial charge in [0.05, 0.1) is 0 Å². The van der Waals surface area contributed by atoms with Crippen molar-refractivity contribution >= 4 is 28.9 Å². The van der Waals surface area contributed by atoms with Gasteiger partial charge in [-0.2, -0.15) is 4.99 Å². The lowest BCUT2D eigenvalue weighted by Crippen LogP contribution is -2.00. The van der Waals surface area contributed by atoms with Crippen LogP contribution in [0.25, 0.3) is 0 Å². The highest BCUT2D eigenvalue weighted by Gasteiger charge is 2.01. The lowest BCUT2D eigenvalue weighted by atomic mass is 10.2. The van der Waals surface area contributed by atoms with Crippen LogP contribution in [0.5, 0.6) is 0 Å². The lowest BCUT2D eigenvalue weighted by Gasteiger charge is -2.00. The fourth-order valence-electron chi connectivity index (χ4n) is 1.52. The summed E-state index contributed by atoms with van der Waals surface area (Å²) in [6.07, 6.45) is 1.70. The molecule has 2 rings (SSSR count). The maximum Gasteiger partial charge on any atom is 0.216 e. The first kappa shape index (κ1) is 13.2. The summed E-state index contributed by atoms with van der Waals surface area (Å²) >= 11 is 5.53. The second-order valence-electron chi connectivity index (χ2n) is 3.76. The van der Waals surface area contributed by atoms with Crippen LogP contribution in [0.3, 0.4) is 0 Å². The second-order valence-corrected chi connectivity index (χ2v) is 4.12. The van der Waals surface area contributed by atoms with E-state index in [4.69, 9.17) is 17.0 Å². The molecule has 0 aromatic heterocycles. The first-order chi connectivity index (χ1) is 9.25. The van der Waals surface area contributed by atoms with E-state index in [1.54, 1.807) is 6.21 Å². The van der Waals surface area contributed by atoms with Gasteiger partial charge in [0, 0.05) is 11.8 Å². The van der Waals surface area contributed by atoms with E-state index in [0.29, 0.717) is 5.84 Å². The number of rotatable bonds is 2. The molecule has 0 aliphatic rings. The van der Waals surface area contributed by atoms with Crippen molar-refractivity contribution in [2.75, 3.05) is 0 Å². The summed E-state index contributed by atoms with van der Waals surface area (Å²) in [6, 6.07) is 19.1. The third-order valence-corrected chi connectivity index (χ3v) is 2.46. The van der Waals surface area contributed by atoms with Gasteiger partial charge in [0.25, 0.3) is 0 Å². The molecule has 19 heavy (non-hydrogen) atoms. The number of hydrogen-bond donors (Lipinski definition) is 1. The van der Waals surface area contributed by atoms with Crippen molar-refractivity contribution in [1.29, 1.82) is 5.41 Å². The molecule has 0 unspecified atom stereocenters. The zero-order valence-electron chi connectivity index (χ0n) is 10.1. The van der Waals surface area contributed by atoms with Crippen LogP contribution in [0.4, 0.5) is 0 Å². The van der Waals surface area contributed by atoms with Crippen molar-refractivity contribution < 1.29 is 0 Å². The normalized spacial score (nSPS) is 11.7. The van der Waals surface area contributed by atoms with Crippen molar-refractivity contribution in [2.45, 2.75) is 0 Å². The maximum atomic E-state index is 7.26. The molecule has 3 nitrogen and oxygen atoms in total. The summed E-state index contributed by atoms with van der Waals surface area (Å²) in [6.45, 7) is 0. The van der Waals surface area contributed by atoms with E-state index in [1.165, 1.54) is 0 Å². The zero-order valence-corrected chi connectivity index (χ0v) is 10.9. The summed E-state index contributed by atoms with van der Waals surface area (Å²) in [5.74, 6) is 0.421. The van der Waals surface area contributed by atoms with Gasteiger partial charge < -0.3 is 0 Å². The van der Waals surface area contributed by atoms with E-state index < -0.39 is 0 Å². The number of amidine groups is 2. The highest BCUT2D eigenvalue weighted by molar-refractivity contribution is 6.64. The lowest BCUT2D eigenvalue weighted by molar-refractivity contribution is 1.46. The fourth-order valence-corrected chi connectivity index (χ4v) is 1.60. The molecule has 0 spiro atoms. The van der Waals surface area contributed by atoms with Crippen molar-refractivity contribution in [3.63, 3.8) is 0 Å². The second kappa shape index (κ2) is 6.61. The average molecular weight is 270 g/mol. The van der Waals surface area contributed by atoms with Gasteiger partial charge in [-0.05, 0) is 17.2 Å². The van der Waals surface area contributed by atoms with E-state index in [2.05, 4.69) is 9.98 Å². The Labute approximate surface area is 116 Å². The molecule has 0 atom stereocenters. The van der Waals surface area contributed by atoms with Crippen LogP contribution < -0.4 is 0 Å². The van der Waals surface area contributed by atoms with Gasteiger partial charge in [-0.25, -0.2) is 4.99 Å². The molecule has 0 aliphatic heterocycles. The summed E-state index contributed by atoms with van der Waals surface area (Å²) < 4.78 is 0. The Kier molecular flexibility index (Phi) is 4.59. The van der Waals surface area contributed by atoms with E-state index in [1.807, 2.05) is 60.7 Å². The Bertz CT molecular complexity index is 604. The van der Waals surface area contributed by atoms with Crippen LogP contribution in [0.1, 0.15) is 11.1 Å². The molecule has 1 N–H and O–H groups in total. The molecule has 0 radical (unpaired) electrons. The Morgan fingerprint density at radius 3 is 2.11 bits per heavy atom. The molecule has 0 saturated heterocycles. The molecule has 0 saturated carbocycles. The van der Waals surface area contributed by atoms with Gasteiger partial charge in [0.15, 0.2) is 5.84 Å². The molecule has 0 amide bonds. The summed E-state index contributed by atoms with van der Waals surface area (Å²) in [5.41, 5.74) is 1.78. The first-order valence-corrected chi connectivity index (χ1v) is 6.11.